The summed E-state index contributed by atoms with van der Waals surface area (Å²) in [6, 6.07) is -0.533. The monoisotopic (exact) mass is 839 g/mol. The Labute approximate surface area is 350 Å². The van der Waals surface area contributed by atoms with E-state index in [9.17, 15) is 19.8 Å². The zero-order valence-corrected chi connectivity index (χ0v) is 34.8. The number of rotatable bonds is 25. The van der Waals surface area contributed by atoms with Gasteiger partial charge in [0.15, 0.2) is 0 Å². The van der Waals surface area contributed by atoms with Crippen molar-refractivity contribution in [2.75, 3.05) is 120 Å². The lowest BCUT2D eigenvalue weighted by Crippen LogP contribution is -2.51. The van der Waals surface area contributed by atoms with Crippen LogP contribution in [0.5, 0.6) is 0 Å². The Bertz CT molecular complexity index is 1790. The van der Waals surface area contributed by atoms with E-state index in [0.29, 0.717) is 147 Å². The van der Waals surface area contributed by atoms with Crippen molar-refractivity contribution in [3.63, 3.8) is 0 Å². The van der Waals surface area contributed by atoms with Gasteiger partial charge in [-0.3, -0.25) is 9.59 Å². The van der Waals surface area contributed by atoms with Gasteiger partial charge in [-0.15, -0.1) is 16.6 Å². The summed E-state index contributed by atoms with van der Waals surface area (Å²) < 4.78 is 19.5. The predicted molar refractivity (Wildman–Crippen MR) is 220 cm³/mol. The van der Waals surface area contributed by atoms with E-state index in [1.165, 1.54) is 4.68 Å². The van der Waals surface area contributed by atoms with Crippen LogP contribution in [0.3, 0.4) is 0 Å². The third-order valence-corrected chi connectivity index (χ3v) is 9.85. The minimum atomic E-state index is -0.571. The average Bonchev–Trinajstić information content (AvgIpc) is 3.89. The first-order chi connectivity index (χ1) is 29.1. The Morgan fingerprint density at radius 2 is 1.38 bits per heavy atom. The quantitative estimate of drug-likeness (QED) is 0.0552. The van der Waals surface area contributed by atoms with Gasteiger partial charge in [0, 0.05) is 84.1 Å². The number of ether oxygens (including phenoxy) is 3. The van der Waals surface area contributed by atoms with Crippen LogP contribution in [0.4, 0.5) is 17.8 Å². The van der Waals surface area contributed by atoms with Crippen LogP contribution in [0.25, 0.3) is 0 Å². The summed E-state index contributed by atoms with van der Waals surface area (Å²) in [5.74, 6) is 3.63. The van der Waals surface area contributed by atoms with Gasteiger partial charge in [-0.05, 0) is 39.7 Å². The van der Waals surface area contributed by atoms with Gasteiger partial charge in [-0.2, -0.15) is 15.0 Å². The Balaban J connectivity index is 1.20. The molecule has 5 rings (SSSR count). The van der Waals surface area contributed by atoms with E-state index in [1.807, 2.05) is 14.7 Å². The zero-order chi connectivity index (χ0) is 42.7. The van der Waals surface area contributed by atoms with E-state index in [2.05, 4.69) is 31.9 Å². The molecule has 330 valence electrons. The van der Waals surface area contributed by atoms with Crippen molar-refractivity contribution in [1.29, 1.82) is 0 Å². The molecule has 22 heteroatoms. The molecule has 2 unspecified atom stereocenters. The molecule has 0 aromatic carbocycles. The number of terminal acetylenes is 1. The van der Waals surface area contributed by atoms with E-state index in [-0.39, 0.29) is 25.0 Å². The minimum Gasteiger partial charge on any atom is -0.393 e. The molecule has 3 aromatic heterocycles. The number of unbranched alkanes of at least 4 members (excludes halogenated alkanes) is 1. The molecule has 3 atom stereocenters. The lowest BCUT2D eigenvalue weighted by atomic mass is 10.1. The minimum absolute atomic E-state index is 0.0436. The van der Waals surface area contributed by atoms with Crippen LogP contribution >= 0.6 is 0 Å². The SMILES string of the molecule is C#CCOCCOCCOCCNc1nc(N2CCN(C(=O)Cn3cc(CC(C)O)nn3)CC2)nc(N2CCN(C(=O)[C@H](CCCCN)n3cc(CC(C)O)nn3)CC2)n1. The zero-order valence-electron chi connectivity index (χ0n) is 34.8. The molecule has 3 aromatic rings. The summed E-state index contributed by atoms with van der Waals surface area (Å²) in [5.41, 5.74) is 7.02. The lowest BCUT2D eigenvalue weighted by Gasteiger charge is -2.37. The third-order valence-electron chi connectivity index (χ3n) is 9.85. The first kappa shape index (κ1) is 46.0. The topological polar surface area (TPSA) is 253 Å². The highest BCUT2D eigenvalue weighted by Crippen LogP contribution is 2.23. The highest BCUT2D eigenvalue weighted by atomic mass is 16.5. The smallest absolute Gasteiger partial charge is 0.247 e. The summed E-state index contributed by atoms with van der Waals surface area (Å²) in [7, 11) is 0. The molecule has 0 saturated carbocycles. The Morgan fingerprint density at radius 3 is 2.00 bits per heavy atom. The van der Waals surface area contributed by atoms with Crippen LogP contribution < -0.4 is 20.9 Å². The number of carbonyl (C=O) groups is 2. The first-order valence-corrected chi connectivity index (χ1v) is 20.7. The number of anilines is 3. The Morgan fingerprint density at radius 1 is 0.800 bits per heavy atom. The summed E-state index contributed by atoms with van der Waals surface area (Å²) in [5, 5.41) is 39.3. The number of nitrogens with zero attached hydrogens (tertiary/aromatic N) is 13. The lowest BCUT2D eigenvalue weighted by molar-refractivity contribution is -0.135. The second-order valence-corrected chi connectivity index (χ2v) is 14.9. The highest BCUT2D eigenvalue weighted by molar-refractivity contribution is 5.80. The van der Waals surface area contributed by atoms with Crippen LogP contribution in [0.1, 0.15) is 50.5 Å². The summed E-state index contributed by atoms with van der Waals surface area (Å²) >= 11 is 0. The molecule has 2 aliphatic rings. The van der Waals surface area contributed by atoms with Crippen molar-refractivity contribution >= 4 is 29.7 Å². The number of nitrogens with one attached hydrogen (secondary N) is 1. The Hall–Kier alpha value is -5.05. The fourth-order valence-corrected chi connectivity index (χ4v) is 6.78. The molecule has 5 heterocycles. The standard InChI is InChI=1S/C38H61N15O7/c1-4-18-58-20-22-60-23-21-59-19-9-40-36-41-37(50-14-10-48(11-15-50)34(56)28-52-26-31(44-46-52)24-29(2)54)43-38(42-36)51-16-12-49(13-17-51)35(57)33(7-5-6-8-39)53-27-32(45-47-53)25-30(3)55/h1,26-27,29-30,33,54-55H,5-25,28,39H2,2-3H3,(H,40,41,42,43)/t29?,30?,33-/m0/s1. The van der Waals surface area contributed by atoms with Gasteiger partial charge in [-0.1, -0.05) is 16.3 Å². The molecule has 0 radical (unpaired) electrons. The summed E-state index contributed by atoms with van der Waals surface area (Å²) in [6.07, 6.45) is 10.3. The molecule has 0 aliphatic carbocycles. The van der Waals surface area contributed by atoms with Crippen molar-refractivity contribution in [2.24, 2.45) is 5.73 Å². The third kappa shape index (κ3) is 14.6. The van der Waals surface area contributed by atoms with Crippen LogP contribution in [-0.2, 0) is 43.2 Å². The molecule has 2 saturated heterocycles. The van der Waals surface area contributed by atoms with Crippen molar-refractivity contribution in [2.45, 2.75) is 70.7 Å². The van der Waals surface area contributed by atoms with E-state index in [4.69, 9.17) is 41.3 Å². The molecule has 0 bridgehead atoms. The second-order valence-electron chi connectivity index (χ2n) is 14.9. The van der Waals surface area contributed by atoms with E-state index in [0.717, 1.165) is 12.8 Å². The number of hydrogen-bond acceptors (Lipinski definition) is 18. The number of piperazine rings is 2. The van der Waals surface area contributed by atoms with Gasteiger partial charge in [0.2, 0.25) is 29.7 Å². The van der Waals surface area contributed by atoms with Crippen LogP contribution in [0, 0.1) is 12.3 Å². The number of amides is 2. The van der Waals surface area contributed by atoms with E-state index < -0.39 is 18.2 Å². The van der Waals surface area contributed by atoms with Gasteiger partial charge in [0.1, 0.15) is 19.2 Å². The summed E-state index contributed by atoms with van der Waals surface area (Å²) in [6.45, 7) is 10.5. The highest BCUT2D eigenvalue weighted by Gasteiger charge is 2.31. The number of aromatic nitrogens is 9. The molecule has 60 heavy (non-hydrogen) atoms. The van der Waals surface area contributed by atoms with Crippen molar-refractivity contribution in [3.05, 3.63) is 23.8 Å². The van der Waals surface area contributed by atoms with Crippen molar-refractivity contribution in [3.8, 4) is 12.3 Å². The number of carbonyl (C=O) groups excluding carboxylic acids is 2. The number of hydrogen-bond donors (Lipinski definition) is 4. The molecule has 2 aliphatic heterocycles. The number of aliphatic hydroxyl groups excluding tert-OH is 2. The normalized spacial score (nSPS) is 16.1. The van der Waals surface area contributed by atoms with Crippen LogP contribution in [0.2, 0.25) is 0 Å². The fourth-order valence-electron chi connectivity index (χ4n) is 6.78. The fraction of sp³-hybridized carbons (Fsp3) is 0.711. The van der Waals surface area contributed by atoms with Crippen molar-refractivity contribution < 1.29 is 34.0 Å². The molecule has 22 nitrogen and oxygen atoms in total. The maximum absolute atomic E-state index is 14.0. The molecular formula is C38H61N15O7. The molecule has 2 fully saturated rings. The van der Waals surface area contributed by atoms with Crippen molar-refractivity contribution in [1.82, 2.24) is 54.7 Å². The molecule has 0 spiro atoms. The van der Waals surface area contributed by atoms with E-state index in [1.54, 1.807) is 35.8 Å². The molecule has 2 amide bonds. The van der Waals surface area contributed by atoms with Gasteiger partial charge >= 0.3 is 0 Å². The maximum atomic E-state index is 14.0. The van der Waals surface area contributed by atoms with Gasteiger partial charge in [0.05, 0.1) is 56.6 Å². The van der Waals surface area contributed by atoms with Crippen LogP contribution in [0.15, 0.2) is 12.4 Å². The number of nitrogens with two attached hydrogens (primary N) is 1. The maximum Gasteiger partial charge on any atom is 0.247 e. The van der Waals surface area contributed by atoms with Gasteiger partial charge in [0.25, 0.3) is 0 Å². The van der Waals surface area contributed by atoms with Gasteiger partial charge in [-0.25, -0.2) is 9.36 Å². The number of aliphatic hydroxyl groups is 2. The second kappa shape index (κ2) is 24.3. The molecular weight excluding hydrogens is 779 g/mol. The summed E-state index contributed by atoms with van der Waals surface area (Å²) in [4.78, 5) is 49.3. The largest absolute Gasteiger partial charge is 0.393 e. The van der Waals surface area contributed by atoms with Gasteiger partial charge < -0.3 is 55.1 Å². The van der Waals surface area contributed by atoms with Crippen LogP contribution in [-0.4, -0.2) is 194 Å². The predicted octanol–water partition coefficient (Wildman–Crippen LogP) is -1.64. The average molecular weight is 840 g/mol. The Kier molecular flexibility index (Phi) is 18.6. The first-order valence-electron chi connectivity index (χ1n) is 20.7. The van der Waals surface area contributed by atoms with E-state index >= 15 is 0 Å². The molecule has 5 N–H and O–H groups in total.